The van der Waals surface area contributed by atoms with Gasteiger partial charge in [-0.05, 0) is 22.0 Å². The number of pyridine rings is 1. The van der Waals surface area contributed by atoms with Crippen molar-refractivity contribution in [3.05, 3.63) is 42.6 Å². The highest BCUT2D eigenvalue weighted by molar-refractivity contribution is 6.73. The molecule has 13 heavy (non-hydrogen) atoms. The van der Waals surface area contributed by atoms with Gasteiger partial charge in [0.05, 0.1) is 5.69 Å². The van der Waals surface area contributed by atoms with Crippen molar-refractivity contribution in [2.45, 2.75) is 0 Å². The van der Waals surface area contributed by atoms with Gasteiger partial charge < -0.3 is 0 Å². The van der Waals surface area contributed by atoms with Gasteiger partial charge in [0.1, 0.15) is 9.52 Å². The molecule has 1 aromatic carbocycles. The zero-order valence-electron chi connectivity index (χ0n) is 6.99. The first-order valence-electron chi connectivity index (χ1n) is 4.26. The first-order chi connectivity index (χ1) is 6.45. The fourth-order valence-electron chi connectivity index (χ4n) is 1.66. The summed E-state index contributed by atoms with van der Waals surface area (Å²) in [6.45, 7) is 0. The predicted molar refractivity (Wildman–Crippen MR) is 54.7 cm³/mol. The van der Waals surface area contributed by atoms with E-state index in [2.05, 4.69) is 35.3 Å². The molecule has 0 spiro atoms. The van der Waals surface area contributed by atoms with Crippen LogP contribution in [-0.2, 0) is 0 Å². The smallest absolute Gasteiger partial charge is 0.125 e. The van der Waals surface area contributed by atoms with E-state index in [0.29, 0.717) is 0 Å². The van der Waals surface area contributed by atoms with Crippen LogP contribution in [0.3, 0.4) is 0 Å². The second-order valence-electron chi connectivity index (χ2n) is 3.07. The molecule has 0 saturated carbocycles. The average molecular weight is 181 g/mol. The third-order valence-corrected chi connectivity index (χ3v) is 3.64. The molecule has 3 rings (SSSR count). The van der Waals surface area contributed by atoms with Gasteiger partial charge in [0, 0.05) is 6.20 Å². The number of rotatable bonds is 0. The summed E-state index contributed by atoms with van der Waals surface area (Å²) in [6, 6.07) is 12.7. The monoisotopic (exact) mass is 181 g/mol. The van der Waals surface area contributed by atoms with Gasteiger partial charge in [-0.1, -0.05) is 30.3 Å². The Morgan fingerprint density at radius 3 is 2.77 bits per heavy atom. The molecule has 0 bridgehead atoms. The molecule has 1 nitrogen and oxygen atoms in total. The minimum atomic E-state index is 0.788. The molecular weight excluding hydrogens is 174 g/mol. The minimum absolute atomic E-state index is 0.788. The van der Waals surface area contributed by atoms with Crippen molar-refractivity contribution < 1.29 is 0 Å². The van der Waals surface area contributed by atoms with Crippen molar-refractivity contribution in [1.29, 1.82) is 0 Å². The van der Waals surface area contributed by atoms with Crippen molar-refractivity contribution >= 4 is 19.9 Å². The zero-order chi connectivity index (χ0) is 8.67. The lowest BCUT2D eigenvalue weighted by Crippen LogP contribution is -2.20. The Balaban J connectivity index is 2.32. The molecule has 2 heteroatoms. The van der Waals surface area contributed by atoms with E-state index in [9.17, 15) is 0 Å². The summed E-state index contributed by atoms with van der Waals surface area (Å²) in [5.74, 6) is 0. The molecule has 2 heterocycles. The molecule has 0 saturated heterocycles. The molecule has 0 amide bonds. The average Bonchev–Trinajstić information content (AvgIpc) is 2.56. The molecule has 1 aliphatic rings. The van der Waals surface area contributed by atoms with Gasteiger partial charge in [-0.3, -0.25) is 4.98 Å². The van der Waals surface area contributed by atoms with E-state index in [1.807, 2.05) is 12.3 Å². The number of hydrogen-bond acceptors (Lipinski definition) is 1. The van der Waals surface area contributed by atoms with Crippen molar-refractivity contribution in [3.63, 3.8) is 0 Å². The van der Waals surface area contributed by atoms with E-state index in [1.54, 1.807) is 0 Å². The van der Waals surface area contributed by atoms with Crippen LogP contribution in [0.2, 0.25) is 0 Å². The maximum absolute atomic E-state index is 4.41. The third kappa shape index (κ3) is 0.955. The SMILES string of the molecule is c1ccc2c(c1)[Si]c1cccnc1-2. The number of fused-ring (bicyclic) bond motifs is 3. The van der Waals surface area contributed by atoms with Crippen LogP contribution in [0.25, 0.3) is 11.3 Å². The maximum atomic E-state index is 4.41. The first-order valence-corrected chi connectivity index (χ1v) is 5.26. The van der Waals surface area contributed by atoms with Gasteiger partial charge in [0.15, 0.2) is 0 Å². The van der Waals surface area contributed by atoms with Crippen LogP contribution in [0.4, 0.5) is 0 Å². The number of nitrogens with zero attached hydrogens (tertiary/aromatic N) is 1. The van der Waals surface area contributed by atoms with E-state index < -0.39 is 0 Å². The van der Waals surface area contributed by atoms with Gasteiger partial charge in [-0.25, -0.2) is 0 Å². The third-order valence-electron chi connectivity index (χ3n) is 2.26. The summed E-state index contributed by atoms with van der Waals surface area (Å²) in [5.41, 5.74) is 2.49. The Labute approximate surface area is 79.3 Å². The minimum Gasteiger partial charge on any atom is -0.256 e. The number of aromatic nitrogens is 1. The molecule has 0 N–H and O–H groups in total. The highest BCUT2D eigenvalue weighted by Crippen LogP contribution is 2.15. The van der Waals surface area contributed by atoms with Gasteiger partial charge in [-0.2, -0.15) is 0 Å². The van der Waals surface area contributed by atoms with E-state index in [-0.39, 0.29) is 0 Å². The van der Waals surface area contributed by atoms with Gasteiger partial charge >= 0.3 is 0 Å². The van der Waals surface area contributed by atoms with Gasteiger partial charge in [0.2, 0.25) is 0 Å². The Morgan fingerprint density at radius 1 is 0.923 bits per heavy atom. The van der Waals surface area contributed by atoms with E-state index in [4.69, 9.17) is 0 Å². The van der Waals surface area contributed by atoms with E-state index in [1.165, 1.54) is 21.6 Å². The van der Waals surface area contributed by atoms with Crippen molar-refractivity contribution in [2.24, 2.45) is 0 Å². The zero-order valence-corrected chi connectivity index (χ0v) is 7.99. The van der Waals surface area contributed by atoms with Crippen molar-refractivity contribution in [2.75, 3.05) is 0 Å². The molecular formula is C11H7NSi. The van der Waals surface area contributed by atoms with Crippen LogP contribution in [0.1, 0.15) is 0 Å². The Kier molecular flexibility index (Phi) is 1.37. The molecule has 0 fully saturated rings. The topological polar surface area (TPSA) is 12.9 Å². The first kappa shape index (κ1) is 7.03. The summed E-state index contributed by atoms with van der Waals surface area (Å²) < 4.78 is 0. The highest BCUT2D eigenvalue weighted by atomic mass is 28.2. The Bertz CT molecular complexity index is 422. The lowest BCUT2D eigenvalue weighted by molar-refractivity contribution is 1.36. The van der Waals surface area contributed by atoms with Crippen molar-refractivity contribution in [3.8, 4) is 11.3 Å². The van der Waals surface area contributed by atoms with Crippen LogP contribution < -0.4 is 10.4 Å². The van der Waals surface area contributed by atoms with Crippen LogP contribution in [0, 0.1) is 0 Å². The fraction of sp³-hybridized carbons (Fsp3) is 0. The quantitative estimate of drug-likeness (QED) is 0.466. The molecule has 60 valence electrons. The second-order valence-corrected chi connectivity index (χ2v) is 4.40. The maximum Gasteiger partial charge on any atom is 0.125 e. The molecule has 2 radical (unpaired) electrons. The van der Waals surface area contributed by atoms with E-state index >= 15 is 0 Å². The molecule has 0 atom stereocenters. The van der Waals surface area contributed by atoms with Gasteiger partial charge in [-0.15, -0.1) is 0 Å². The van der Waals surface area contributed by atoms with Crippen LogP contribution in [0.15, 0.2) is 42.6 Å². The van der Waals surface area contributed by atoms with Crippen LogP contribution >= 0.6 is 0 Å². The number of benzene rings is 1. The normalized spacial score (nSPS) is 12.3. The molecule has 0 aliphatic carbocycles. The second kappa shape index (κ2) is 2.54. The highest BCUT2D eigenvalue weighted by Gasteiger charge is 2.18. The molecule has 2 aromatic rings. The molecule has 0 unspecified atom stereocenters. The lowest BCUT2D eigenvalue weighted by atomic mass is 10.1. The van der Waals surface area contributed by atoms with Crippen LogP contribution in [-0.4, -0.2) is 14.5 Å². The fourth-order valence-corrected chi connectivity index (χ4v) is 2.97. The molecule has 1 aliphatic heterocycles. The predicted octanol–water partition coefficient (Wildman–Crippen LogP) is 0.717. The summed E-state index contributed by atoms with van der Waals surface area (Å²) in [6.07, 6.45) is 1.87. The lowest BCUT2D eigenvalue weighted by Gasteiger charge is -1.97. The standard InChI is InChI=1S/C11H7NSi/c1-2-5-9-8(4-1)11-10(13-9)6-3-7-12-11/h1-7H. The number of hydrogen-bond donors (Lipinski definition) is 0. The Hall–Kier alpha value is -1.41. The van der Waals surface area contributed by atoms with Gasteiger partial charge in [0.25, 0.3) is 0 Å². The summed E-state index contributed by atoms with van der Waals surface area (Å²) in [5, 5.41) is 2.81. The van der Waals surface area contributed by atoms with E-state index in [0.717, 1.165) is 9.52 Å². The Morgan fingerprint density at radius 2 is 1.77 bits per heavy atom. The largest absolute Gasteiger partial charge is 0.256 e. The van der Waals surface area contributed by atoms with Crippen LogP contribution in [0.5, 0.6) is 0 Å². The summed E-state index contributed by atoms with van der Waals surface area (Å²) >= 11 is 0. The molecule has 1 aromatic heterocycles. The summed E-state index contributed by atoms with van der Waals surface area (Å²) in [7, 11) is 0.788. The van der Waals surface area contributed by atoms with Crippen molar-refractivity contribution in [1.82, 2.24) is 4.98 Å². The summed E-state index contributed by atoms with van der Waals surface area (Å²) in [4.78, 5) is 4.41.